The van der Waals surface area contributed by atoms with Crippen molar-refractivity contribution in [3.8, 4) is 0 Å². The largest absolute Gasteiger partial charge is 0.455 e. The number of rotatable bonds is 8. The van der Waals surface area contributed by atoms with Crippen LogP contribution in [0.4, 0.5) is 5.82 Å². The first-order valence-corrected chi connectivity index (χ1v) is 11.9. The Morgan fingerprint density at radius 2 is 1.67 bits per heavy atom. The summed E-state index contributed by atoms with van der Waals surface area (Å²) in [5.74, 6) is -1.83. The topological polar surface area (TPSA) is 178 Å². The van der Waals surface area contributed by atoms with E-state index in [9.17, 15) is 24.5 Å². The number of hydrogen-bond acceptors (Lipinski definition) is 14. The molecule has 196 valence electrons. The number of imidazole rings is 1. The molecule has 15 nitrogen and oxygen atoms in total. The Labute approximate surface area is 209 Å². The zero-order valence-corrected chi connectivity index (χ0v) is 21.3. The van der Waals surface area contributed by atoms with E-state index < -0.39 is 60.0 Å². The predicted molar refractivity (Wildman–Crippen MR) is 124 cm³/mol. The second-order valence-corrected chi connectivity index (χ2v) is 8.83. The van der Waals surface area contributed by atoms with Gasteiger partial charge in [0.25, 0.3) is 0 Å². The molecular formula is C20H26N6O9S. The molecule has 1 aliphatic heterocycles. The fourth-order valence-electron chi connectivity index (χ4n) is 3.86. The van der Waals surface area contributed by atoms with Crippen molar-refractivity contribution in [2.45, 2.75) is 56.6 Å². The van der Waals surface area contributed by atoms with Gasteiger partial charge < -0.3 is 23.8 Å². The second-order valence-electron chi connectivity index (χ2n) is 8.05. The first-order valence-electron chi connectivity index (χ1n) is 10.7. The Morgan fingerprint density at radius 3 is 2.19 bits per heavy atom. The SMILES string of the molecule is CSc1nc(N(C)C)c2ncn(C3OC(C[N+](=O)[O-])C(OC(C)=O)C(OC(C)=O)C3OC(C)=O)c2n1. The molecule has 0 N–H and O–H groups in total. The fourth-order valence-corrected chi connectivity index (χ4v) is 4.22. The predicted octanol–water partition coefficient (Wildman–Crippen LogP) is 0.583. The zero-order valence-electron chi connectivity index (χ0n) is 20.4. The molecule has 16 heteroatoms. The third-order valence-corrected chi connectivity index (χ3v) is 5.66. The molecule has 2 aromatic heterocycles. The van der Waals surface area contributed by atoms with Gasteiger partial charge in [-0.25, -0.2) is 15.0 Å². The minimum Gasteiger partial charge on any atom is -0.455 e. The Morgan fingerprint density at radius 1 is 1.08 bits per heavy atom. The van der Waals surface area contributed by atoms with Gasteiger partial charge in [-0.05, 0) is 6.26 Å². The maximum atomic E-state index is 12.1. The van der Waals surface area contributed by atoms with Gasteiger partial charge in [0.15, 0.2) is 52.8 Å². The van der Waals surface area contributed by atoms with Crippen molar-refractivity contribution < 1.29 is 38.3 Å². The van der Waals surface area contributed by atoms with Crippen LogP contribution in [0.2, 0.25) is 0 Å². The molecule has 2 aromatic rings. The molecule has 36 heavy (non-hydrogen) atoms. The Balaban J connectivity index is 2.23. The van der Waals surface area contributed by atoms with Gasteiger partial charge in [-0.3, -0.25) is 29.1 Å². The molecule has 0 spiro atoms. The molecule has 0 aromatic carbocycles. The van der Waals surface area contributed by atoms with E-state index in [1.54, 1.807) is 25.3 Å². The summed E-state index contributed by atoms with van der Waals surface area (Å²) in [5, 5.41) is 11.8. The second kappa shape index (κ2) is 11.0. The van der Waals surface area contributed by atoms with Gasteiger partial charge >= 0.3 is 17.9 Å². The number of anilines is 1. The minimum atomic E-state index is -1.43. The third-order valence-electron chi connectivity index (χ3n) is 5.11. The molecule has 0 radical (unpaired) electrons. The molecule has 1 aliphatic rings. The van der Waals surface area contributed by atoms with Crippen LogP contribution in [-0.2, 0) is 33.3 Å². The fraction of sp³-hybridized carbons (Fsp3) is 0.600. The van der Waals surface area contributed by atoms with Crippen LogP contribution in [0.25, 0.3) is 11.2 Å². The number of carbonyl (C=O) groups is 3. The smallest absolute Gasteiger partial charge is 0.303 e. The number of fused-ring (bicyclic) bond motifs is 1. The molecule has 1 fully saturated rings. The lowest BCUT2D eigenvalue weighted by atomic mass is 9.96. The highest BCUT2D eigenvalue weighted by molar-refractivity contribution is 7.98. The van der Waals surface area contributed by atoms with Crippen molar-refractivity contribution in [2.75, 3.05) is 31.8 Å². The van der Waals surface area contributed by atoms with Crippen LogP contribution in [0, 0.1) is 10.1 Å². The van der Waals surface area contributed by atoms with Gasteiger partial charge in [-0.15, -0.1) is 0 Å². The number of ether oxygens (including phenoxy) is 4. The highest BCUT2D eigenvalue weighted by Crippen LogP contribution is 2.37. The monoisotopic (exact) mass is 526 g/mol. The molecule has 0 amide bonds. The number of thioether (sulfide) groups is 1. The van der Waals surface area contributed by atoms with E-state index in [1.165, 1.54) is 22.7 Å². The Hall–Kier alpha value is -3.53. The van der Waals surface area contributed by atoms with Crippen molar-refractivity contribution in [1.82, 2.24) is 19.5 Å². The third kappa shape index (κ3) is 5.81. The van der Waals surface area contributed by atoms with E-state index in [2.05, 4.69) is 15.0 Å². The number of aromatic nitrogens is 4. The number of esters is 3. The average Bonchev–Trinajstić information content (AvgIpc) is 3.19. The molecular weight excluding hydrogens is 500 g/mol. The highest BCUT2D eigenvalue weighted by atomic mass is 32.2. The maximum Gasteiger partial charge on any atom is 0.303 e. The van der Waals surface area contributed by atoms with Gasteiger partial charge in [0.2, 0.25) is 6.54 Å². The van der Waals surface area contributed by atoms with Crippen LogP contribution in [0.3, 0.4) is 0 Å². The molecule has 5 atom stereocenters. The van der Waals surface area contributed by atoms with Gasteiger partial charge in [0, 0.05) is 39.8 Å². The zero-order chi connectivity index (χ0) is 26.7. The van der Waals surface area contributed by atoms with E-state index in [0.717, 1.165) is 20.8 Å². The van der Waals surface area contributed by atoms with E-state index in [-0.39, 0.29) is 5.65 Å². The lowest BCUT2D eigenvalue weighted by Gasteiger charge is -2.43. The van der Waals surface area contributed by atoms with Gasteiger partial charge in [-0.2, -0.15) is 0 Å². The van der Waals surface area contributed by atoms with Gasteiger partial charge in [0.05, 0.1) is 6.33 Å². The van der Waals surface area contributed by atoms with Crippen LogP contribution in [-0.4, -0.2) is 93.7 Å². The molecule has 1 saturated heterocycles. The summed E-state index contributed by atoms with van der Waals surface area (Å²) in [5.41, 5.74) is 0.674. The molecule has 3 heterocycles. The van der Waals surface area contributed by atoms with Crippen molar-refractivity contribution in [3.05, 3.63) is 16.4 Å². The average molecular weight is 527 g/mol. The van der Waals surface area contributed by atoms with E-state index in [0.29, 0.717) is 16.5 Å². The summed E-state index contributed by atoms with van der Waals surface area (Å²) in [6, 6.07) is 0. The molecule has 0 saturated carbocycles. The number of nitro groups is 1. The highest BCUT2D eigenvalue weighted by Gasteiger charge is 2.54. The van der Waals surface area contributed by atoms with Crippen LogP contribution in [0.1, 0.15) is 27.0 Å². The van der Waals surface area contributed by atoms with E-state index >= 15 is 0 Å². The van der Waals surface area contributed by atoms with Crippen LogP contribution >= 0.6 is 11.8 Å². The lowest BCUT2D eigenvalue weighted by molar-refractivity contribution is -0.500. The summed E-state index contributed by atoms with van der Waals surface area (Å²) in [6.45, 7) is 2.54. The summed E-state index contributed by atoms with van der Waals surface area (Å²) in [7, 11) is 3.55. The van der Waals surface area contributed by atoms with Crippen molar-refractivity contribution >= 4 is 46.7 Å². The number of hydrogen-bond donors (Lipinski definition) is 0. The summed E-state index contributed by atoms with van der Waals surface area (Å²) in [4.78, 5) is 61.7. The summed E-state index contributed by atoms with van der Waals surface area (Å²) in [6.07, 6.45) is -3.72. The number of nitrogens with zero attached hydrogens (tertiary/aromatic N) is 6. The van der Waals surface area contributed by atoms with Crippen molar-refractivity contribution in [3.63, 3.8) is 0 Å². The van der Waals surface area contributed by atoms with Gasteiger partial charge in [0.1, 0.15) is 0 Å². The first kappa shape index (κ1) is 27.1. The molecule has 3 rings (SSSR count). The summed E-state index contributed by atoms with van der Waals surface area (Å²) >= 11 is 1.28. The minimum absolute atomic E-state index is 0.285. The van der Waals surface area contributed by atoms with Crippen molar-refractivity contribution in [2.24, 2.45) is 0 Å². The van der Waals surface area contributed by atoms with Crippen molar-refractivity contribution in [1.29, 1.82) is 0 Å². The Bertz CT molecular complexity index is 1170. The Kier molecular flexibility index (Phi) is 8.29. The molecule has 0 aliphatic carbocycles. The number of carbonyl (C=O) groups excluding carboxylic acids is 3. The van der Waals surface area contributed by atoms with E-state index in [4.69, 9.17) is 18.9 Å². The van der Waals surface area contributed by atoms with E-state index in [1.807, 2.05) is 0 Å². The van der Waals surface area contributed by atoms with Gasteiger partial charge in [-0.1, -0.05) is 11.8 Å². The summed E-state index contributed by atoms with van der Waals surface area (Å²) < 4.78 is 23.6. The maximum absolute atomic E-state index is 12.1. The molecule has 5 unspecified atom stereocenters. The van der Waals surface area contributed by atoms with Crippen LogP contribution in [0.15, 0.2) is 11.5 Å². The normalized spacial score (nSPS) is 23.7. The lowest BCUT2D eigenvalue weighted by Crippen LogP contribution is -2.60. The molecule has 0 bridgehead atoms. The van der Waals surface area contributed by atoms with Crippen LogP contribution in [0.5, 0.6) is 0 Å². The first-order chi connectivity index (χ1) is 16.9. The quantitative estimate of drug-likeness (QED) is 0.116. The standard InChI is InChI=1S/C20H26N6O9S/c1-9(27)32-14-12(7-26(30)31)35-19(16(34-11(3)29)15(14)33-10(2)28)25-8-21-13-17(24(4)5)22-20(36-6)23-18(13)25/h8,12,14-16,19H,7H2,1-6H3. The van der Waals surface area contributed by atoms with Crippen LogP contribution < -0.4 is 4.90 Å².